The molecule has 162 valence electrons. The number of nitrogens with one attached hydrogen (secondary N) is 2. The molecule has 3 unspecified atom stereocenters. The number of carboxylic acid groups (broad SMARTS) is 1. The molecule has 3 N–H and O–H groups in total. The van der Waals surface area contributed by atoms with Crippen molar-refractivity contribution in [2.75, 3.05) is 32.9 Å². The molecule has 2 heterocycles. The molecule has 10 heteroatoms. The van der Waals surface area contributed by atoms with Crippen LogP contribution >= 0.6 is 0 Å². The maximum Gasteiger partial charge on any atom is 0.407 e. The number of hydrogen-bond acceptors (Lipinski definition) is 5. The van der Waals surface area contributed by atoms with Crippen molar-refractivity contribution < 1.29 is 24.2 Å². The second kappa shape index (κ2) is 8.72. The van der Waals surface area contributed by atoms with Crippen molar-refractivity contribution in [2.45, 2.75) is 69.0 Å². The molecule has 0 saturated carbocycles. The Morgan fingerprint density at radius 1 is 1.14 bits per heavy atom. The van der Waals surface area contributed by atoms with Crippen LogP contribution in [0.2, 0.25) is 51.4 Å². The Morgan fingerprint density at radius 2 is 1.75 bits per heavy atom. The standard InChI is InChI=1S/C18H37N3O5Si2/c1-27(2,3)9-7-25-13-18(20-16(22)26-8-10-28(4,5)6)12-21(17(23)24)14-11-19-15(14)18/h14-15,19H,7-13H2,1-6H3,(H,20,22)(H,23,24). The minimum absolute atomic E-state index is 0.139. The van der Waals surface area contributed by atoms with Crippen LogP contribution in [0.4, 0.5) is 9.59 Å². The highest BCUT2D eigenvalue weighted by atomic mass is 28.3. The Hall–Kier alpha value is -1.11. The van der Waals surface area contributed by atoms with E-state index >= 15 is 0 Å². The average Bonchev–Trinajstić information content (AvgIpc) is 2.68. The summed E-state index contributed by atoms with van der Waals surface area (Å²) in [5.41, 5.74) is -0.795. The summed E-state index contributed by atoms with van der Waals surface area (Å²) in [5, 5.41) is 15.8. The number of alkyl carbamates (subject to hydrolysis) is 1. The molecular weight excluding hydrogens is 394 g/mol. The number of amides is 2. The van der Waals surface area contributed by atoms with Gasteiger partial charge in [0.1, 0.15) is 5.54 Å². The summed E-state index contributed by atoms with van der Waals surface area (Å²) in [6.45, 7) is 15.6. The maximum absolute atomic E-state index is 12.5. The van der Waals surface area contributed by atoms with Gasteiger partial charge in [0, 0.05) is 29.3 Å². The molecule has 2 aliphatic heterocycles. The van der Waals surface area contributed by atoms with E-state index in [0.717, 1.165) is 12.1 Å². The Morgan fingerprint density at radius 3 is 2.21 bits per heavy atom. The highest BCUT2D eigenvalue weighted by molar-refractivity contribution is 6.76. The zero-order valence-electron chi connectivity index (χ0n) is 18.1. The van der Waals surface area contributed by atoms with E-state index in [1.54, 1.807) is 0 Å². The monoisotopic (exact) mass is 431 g/mol. The van der Waals surface area contributed by atoms with Gasteiger partial charge in [0.2, 0.25) is 0 Å². The molecule has 2 aliphatic rings. The third-order valence-electron chi connectivity index (χ3n) is 5.42. The van der Waals surface area contributed by atoms with Crippen molar-refractivity contribution in [3.63, 3.8) is 0 Å². The number of fused-ring (bicyclic) bond motifs is 1. The van der Waals surface area contributed by atoms with Gasteiger partial charge in [0.15, 0.2) is 0 Å². The number of carbonyl (C=O) groups is 2. The third kappa shape index (κ3) is 6.20. The van der Waals surface area contributed by atoms with Gasteiger partial charge in [0.05, 0.1) is 31.8 Å². The van der Waals surface area contributed by atoms with Crippen LogP contribution < -0.4 is 10.6 Å². The smallest absolute Gasteiger partial charge is 0.407 e. The van der Waals surface area contributed by atoms with Crippen LogP contribution in [0.5, 0.6) is 0 Å². The van der Waals surface area contributed by atoms with Crippen LogP contribution in [0.15, 0.2) is 0 Å². The van der Waals surface area contributed by atoms with Crippen LogP contribution in [0.1, 0.15) is 0 Å². The van der Waals surface area contributed by atoms with Gasteiger partial charge in [-0.25, -0.2) is 9.59 Å². The fourth-order valence-electron chi connectivity index (χ4n) is 3.53. The molecule has 2 amide bonds. The number of hydrogen-bond donors (Lipinski definition) is 3. The summed E-state index contributed by atoms with van der Waals surface area (Å²) in [5.74, 6) is 0. The summed E-state index contributed by atoms with van der Waals surface area (Å²) in [6, 6.07) is 1.62. The van der Waals surface area contributed by atoms with Gasteiger partial charge >= 0.3 is 12.2 Å². The molecule has 2 fully saturated rings. The molecule has 0 spiro atoms. The molecule has 2 rings (SSSR count). The molecule has 0 aromatic heterocycles. The summed E-state index contributed by atoms with van der Waals surface area (Å²) in [6.07, 6.45) is -1.46. The highest BCUT2D eigenvalue weighted by Crippen LogP contribution is 2.33. The van der Waals surface area contributed by atoms with E-state index in [-0.39, 0.29) is 25.2 Å². The van der Waals surface area contributed by atoms with Crippen molar-refractivity contribution in [1.82, 2.24) is 15.5 Å². The summed E-state index contributed by atoms with van der Waals surface area (Å²) < 4.78 is 11.4. The van der Waals surface area contributed by atoms with Crippen LogP contribution in [-0.4, -0.2) is 88.9 Å². The first-order chi connectivity index (χ1) is 12.8. The van der Waals surface area contributed by atoms with Crippen LogP contribution in [0.25, 0.3) is 0 Å². The number of ether oxygens (including phenoxy) is 2. The van der Waals surface area contributed by atoms with E-state index in [1.807, 2.05) is 0 Å². The Kier molecular flexibility index (Phi) is 7.22. The van der Waals surface area contributed by atoms with Crippen LogP contribution in [0.3, 0.4) is 0 Å². The first-order valence-corrected chi connectivity index (χ1v) is 17.5. The third-order valence-corrected chi connectivity index (χ3v) is 8.83. The Labute approximate surface area is 170 Å². The maximum atomic E-state index is 12.5. The largest absolute Gasteiger partial charge is 0.465 e. The van der Waals surface area contributed by atoms with Crippen molar-refractivity contribution in [3.05, 3.63) is 0 Å². The second-order valence-electron chi connectivity index (χ2n) is 10.5. The van der Waals surface area contributed by atoms with Crippen LogP contribution in [-0.2, 0) is 9.47 Å². The van der Waals surface area contributed by atoms with Crippen molar-refractivity contribution in [2.24, 2.45) is 0 Å². The van der Waals surface area contributed by atoms with Crippen LogP contribution in [0, 0.1) is 0 Å². The molecule has 8 nitrogen and oxygen atoms in total. The quantitative estimate of drug-likeness (QED) is 0.383. The molecule has 0 aliphatic carbocycles. The topological polar surface area (TPSA) is 100 Å². The number of likely N-dealkylation sites (tertiary alicyclic amines) is 1. The predicted molar refractivity (Wildman–Crippen MR) is 115 cm³/mol. The van der Waals surface area contributed by atoms with Crippen molar-refractivity contribution in [1.29, 1.82) is 0 Å². The lowest BCUT2D eigenvalue weighted by Gasteiger charge is -2.42. The zero-order chi connectivity index (χ0) is 21.2. The molecule has 0 aromatic rings. The average molecular weight is 432 g/mol. The van der Waals surface area contributed by atoms with Gasteiger partial charge in [-0.2, -0.15) is 0 Å². The van der Waals surface area contributed by atoms with E-state index in [9.17, 15) is 14.7 Å². The molecule has 0 aromatic carbocycles. The lowest BCUT2D eigenvalue weighted by atomic mass is 9.86. The van der Waals surface area contributed by atoms with E-state index in [4.69, 9.17) is 9.47 Å². The minimum atomic E-state index is -1.29. The molecular formula is C18H37N3O5Si2. The molecule has 3 atom stereocenters. The zero-order valence-corrected chi connectivity index (χ0v) is 20.1. The Balaban J connectivity index is 2.01. The van der Waals surface area contributed by atoms with Gasteiger partial charge in [0.25, 0.3) is 0 Å². The summed E-state index contributed by atoms with van der Waals surface area (Å²) in [7, 11) is -2.52. The van der Waals surface area contributed by atoms with Gasteiger partial charge in [-0.3, -0.25) is 4.90 Å². The Bertz CT molecular complexity index is 579. The highest BCUT2D eigenvalue weighted by Gasteiger charge is 2.59. The van der Waals surface area contributed by atoms with E-state index < -0.39 is 33.9 Å². The molecule has 0 bridgehead atoms. The minimum Gasteiger partial charge on any atom is -0.465 e. The SMILES string of the molecule is C[Si](C)(C)CCOCC1(NC(=O)OCC[Si](C)(C)C)CN(C(=O)O)C2CNC21. The molecule has 2 saturated heterocycles. The van der Waals surface area contributed by atoms with Gasteiger partial charge in [-0.05, 0) is 12.1 Å². The van der Waals surface area contributed by atoms with Crippen molar-refractivity contribution >= 4 is 28.3 Å². The van der Waals surface area contributed by atoms with E-state index in [0.29, 0.717) is 19.8 Å². The number of nitrogens with zero attached hydrogens (tertiary/aromatic N) is 1. The van der Waals surface area contributed by atoms with Gasteiger partial charge in [-0.1, -0.05) is 39.3 Å². The predicted octanol–water partition coefficient (Wildman–Crippen LogP) is 2.48. The molecule has 0 radical (unpaired) electrons. The van der Waals surface area contributed by atoms with Crippen molar-refractivity contribution in [3.8, 4) is 0 Å². The fraction of sp³-hybridized carbons (Fsp3) is 0.889. The van der Waals surface area contributed by atoms with Gasteiger partial charge in [-0.15, -0.1) is 0 Å². The normalized spacial score (nSPS) is 27.1. The second-order valence-corrected chi connectivity index (χ2v) is 21.7. The lowest BCUT2D eigenvalue weighted by Crippen LogP contribution is -2.71. The molecule has 28 heavy (non-hydrogen) atoms. The number of rotatable bonds is 9. The summed E-state index contributed by atoms with van der Waals surface area (Å²) in [4.78, 5) is 25.5. The van der Waals surface area contributed by atoms with E-state index in [2.05, 4.69) is 49.9 Å². The first-order valence-electron chi connectivity index (χ1n) is 10.1. The van der Waals surface area contributed by atoms with Gasteiger partial charge < -0.3 is 25.2 Å². The lowest BCUT2D eigenvalue weighted by molar-refractivity contribution is 0.0532. The first kappa shape index (κ1) is 23.2. The summed E-state index contributed by atoms with van der Waals surface area (Å²) >= 11 is 0. The number of carbonyl (C=O) groups excluding carboxylic acids is 1. The fourth-order valence-corrected chi connectivity index (χ4v) is 5.01. The van der Waals surface area contributed by atoms with E-state index in [1.165, 1.54) is 4.90 Å².